The summed E-state index contributed by atoms with van der Waals surface area (Å²) < 4.78 is 39.0. The lowest BCUT2D eigenvalue weighted by molar-refractivity contribution is -0.137. The summed E-state index contributed by atoms with van der Waals surface area (Å²) in [5.41, 5.74) is 1.08. The molecule has 1 atom stereocenters. The largest absolute Gasteiger partial charge is 0.416 e. The van der Waals surface area contributed by atoms with Gasteiger partial charge >= 0.3 is 6.18 Å². The fourth-order valence-electron chi connectivity index (χ4n) is 2.67. The van der Waals surface area contributed by atoms with E-state index in [4.69, 9.17) is 0 Å². The maximum absolute atomic E-state index is 12.9. The zero-order valence-corrected chi connectivity index (χ0v) is 13.4. The van der Waals surface area contributed by atoms with Crippen molar-refractivity contribution in [2.75, 3.05) is 5.32 Å². The van der Waals surface area contributed by atoms with Gasteiger partial charge in [0, 0.05) is 15.0 Å². The lowest BCUT2D eigenvalue weighted by Crippen LogP contribution is -2.16. The van der Waals surface area contributed by atoms with Crippen molar-refractivity contribution in [2.45, 2.75) is 31.5 Å². The lowest BCUT2D eigenvalue weighted by atomic mass is 9.94. The molecule has 0 aliphatic heterocycles. The molecule has 1 aliphatic rings. The van der Waals surface area contributed by atoms with Gasteiger partial charge in [0.05, 0.1) is 11.6 Å². The molecular weight excluding hydrogens is 363 g/mol. The van der Waals surface area contributed by atoms with Crippen molar-refractivity contribution in [1.82, 2.24) is 0 Å². The van der Waals surface area contributed by atoms with E-state index in [0.717, 1.165) is 25.3 Å². The Balaban J connectivity index is 1.88. The molecule has 1 aliphatic carbocycles. The lowest BCUT2D eigenvalue weighted by Gasteiger charge is -2.25. The first kappa shape index (κ1) is 14.9. The molecular formula is C15H13BrF3NS. The van der Waals surface area contributed by atoms with Gasteiger partial charge in [-0.2, -0.15) is 13.2 Å². The van der Waals surface area contributed by atoms with Crippen LogP contribution in [-0.2, 0) is 12.6 Å². The van der Waals surface area contributed by atoms with Gasteiger partial charge in [0.15, 0.2) is 0 Å². The molecule has 0 amide bonds. The molecule has 21 heavy (non-hydrogen) atoms. The normalized spacial score (nSPS) is 18.4. The topological polar surface area (TPSA) is 12.0 Å². The molecule has 0 bridgehead atoms. The molecule has 1 aromatic carbocycles. The molecule has 0 fully saturated rings. The van der Waals surface area contributed by atoms with Crippen LogP contribution in [0.1, 0.15) is 34.9 Å². The minimum atomic E-state index is -4.33. The van der Waals surface area contributed by atoms with Gasteiger partial charge in [-0.25, -0.2) is 0 Å². The van der Waals surface area contributed by atoms with E-state index in [-0.39, 0.29) is 6.04 Å². The predicted molar refractivity (Wildman–Crippen MR) is 82.8 cm³/mol. The van der Waals surface area contributed by atoms with E-state index in [2.05, 4.69) is 27.3 Å². The summed E-state index contributed by atoms with van der Waals surface area (Å²) in [5, 5.41) is 5.30. The standard InChI is InChI=1S/C15H13BrF3NS/c16-10-6-9(15(17,18)19)7-11(8-10)20-13-2-1-3-14-12(13)4-5-21-14/h4-8,13,20H,1-3H2. The summed E-state index contributed by atoms with van der Waals surface area (Å²) in [6.07, 6.45) is -1.26. The van der Waals surface area contributed by atoms with Crippen molar-refractivity contribution >= 4 is 33.0 Å². The third kappa shape index (κ3) is 3.26. The zero-order valence-electron chi connectivity index (χ0n) is 11.0. The monoisotopic (exact) mass is 375 g/mol. The van der Waals surface area contributed by atoms with E-state index in [1.165, 1.54) is 16.5 Å². The van der Waals surface area contributed by atoms with Gasteiger partial charge in [0.1, 0.15) is 0 Å². The van der Waals surface area contributed by atoms with Gasteiger partial charge in [-0.3, -0.25) is 0 Å². The van der Waals surface area contributed by atoms with Crippen LogP contribution < -0.4 is 5.32 Å². The van der Waals surface area contributed by atoms with Crippen LogP contribution in [0.4, 0.5) is 18.9 Å². The van der Waals surface area contributed by atoms with Crippen LogP contribution in [-0.4, -0.2) is 0 Å². The third-order valence-electron chi connectivity index (χ3n) is 3.62. The summed E-state index contributed by atoms with van der Waals surface area (Å²) in [5.74, 6) is 0. The number of fused-ring (bicyclic) bond motifs is 1. The van der Waals surface area contributed by atoms with E-state index >= 15 is 0 Å². The second-order valence-corrected chi connectivity index (χ2v) is 7.03. The molecule has 1 unspecified atom stereocenters. The van der Waals surface area contributed by atoms with Crippen molar-refractivity contribution in [3.63, 3.8) is 0 Å². The van der Waals surface area contributed by atoms with Gasteiger partial charge in [-0.15, -0.1) is 11.3 Å². The maximum atomic E-state index is 12.9. The number of alkyl halides is 3. The second-order valence-electron chi connectivity index (χ2n) is 5.11. The van der Waals surface area contributed by atoms with Gasteiger partial charge in [0.25, 0.3) is 0 Å². The molecule has 1 N–H and O–H groups in total. The zero-order chi connectivity index (χ0) is 15.0. The van der Waals surface area contributed by atoms with Gasteiger partial charge in [-0.05, 0) is 54.5 Å². The second kappa shape index (κ2) is 5.65. The quantitative estimate of drug-likeness (QED) is 0.676. The van der Waals surface area contributed by atoms with E-state index < -0.39 is 11.7 Å². The minimum absolute atomic E-state index is 0.0929. The van der Waals surface area contributed by atoms with Crippen LogP contribution in [0.5, 0.6) is 0 Å². The Labute approximate surface area is 133 Å². The molecule has 0 saturated heterocycles. The van der Waals surface area contributed by atoms with Crippen LogP contribution in [0.15, 0.2) is 34.1 Å². The molecule has 0 saturated carbocycles. The SMILES string of the molecule is FC(F)(F)c1cc(Br)cc(NC2CCCc3sccc32)c1. The van der Waals surface area contributed by atoms with Crippen molar-refractivity contribution < 1.29 is 13.2 Å². The van der Waals surface area contributed by atoms with Gasteiger partial charge < -0.3 is 5.32 Å². The van der Waals surface area contributed by atoms with E-state index in [1.54, 1.807) is 17.4 Å². The first-order valence-electron chi connectivity index (χ1n) is 6.64. The number of rotatable bonds is 2. The van der Waals surface area contributed by atoms with Crippen LogP contribution in [0.3, 0.4) is 0 Å². The summed E-state index contributed by atoms with van der Waals surface area (Å²) >= 11 is 4.88. The van der Waals surface area contributed by atoms with Crippen molar-refractivity contribution in [1.29, 1.82) is 0 Å². The number of thiophene rings is 1. The molecule has 112 valence electrons. The van der Waals surface area contributed by atoms with Crippen LogP contribution in [0.25, 0.3) is 0 Å². The van der Waals surface area contributed by atoms with Crippen LogP contribution in [0.2, 0.25) is 0 Å². The molecule has 1 nitrogen and oxygen atoms in total. The summed E-state index contributed by atoms with van der Waals surface area (Å²) in [7, 11) is 0. The number of halogens is 4. The van der Waals surface area contributed by atoms with Crippen molar-refractivity contribution in [2.24, 2.45) is 0 Å². The van der Waals surface area contributed by atoms with Gasteiger partial charge in [-0.1, -0.05) is 15.9 Å². The highest BCUT2D eigenvalue weighted by molar-refractivity contribution is 9.10. The summed E-state index contributed by atoms with van der Waals surface area (Å²) in [4.78, 5) is 1.34. The molecule has 3 rings (SSSR count). The van der Waals surface area contributed by atoms with Gasteiger partial charge in [0.2, 0.25) is 0 Å². The fourth-order valence-corrected chi connectivity index (χ4v) is 4.15. The van der Waals surface area contributed by atoms with Crippen molar-refractivity contribution in [3.8, 4) is 0 Å². The highest BCUT2D eigenvalue weighted by Crippen LogP contribution is 2.38. The molecule has 0 radical (unpaired) electrons. The molecule has 0 spiro atoms. The molecule has 6 heteroatoms. The van der Waals surface area contributed by atoms with E-state index in [1.807, 2.05) is 5.38 Å². The number of benzene rings is 1. The first-order valence-corrected chi connectivity index (χ1v) is 8.31. The Kier molecular flexibility index (Phi) is 4.01. The van der Waals surface area contributed by atoms with Crippen molar-refractivity contribution in [3.05, 3.63) is 50.1 Å². The average Bonchev–Trinajstić information content (AvgIpc) is 2.86. The first-order chi connectivity index (χ1) is 9.93. The molecule has 2 aromatic rings. The highest BCUT2D eigenvalue weighted by Gasteiger charge is 2.31. The Morgan fingerprint density at radius 3 is 2.81 bits per heavy atom. The maximum Gasteiger partial charge on any atom is 0.416 e. The number of hydrogen-bond donors (Lipinski definition) is 1. The fraction of sp³-hybridized carbons (Fsp3) is 0.333. The Bertz CT molecular complexity index is 651. The average molecular weight is 376 g/mol. The predicted octanol–water partition coefficient (Wildman–Crippen LogP) is 6.02. The number of nitrogens with one attached hydrogen (secondary N) is 1. The third-order valence-corrected chi connectivity index (χ3v) is 5.07. The van der Waals surface area contributed by atoms with Crippen LogP contribution >= 0.6 is 27.3 Å². The number of aryl methyl sites for hydroxylation is 1. The smallest absolute Gasteiger partial charge is 0.378 e. The molecule has 1 heterocycles. The number of hydrogen-bond acceptors (Lipinski definition) is 2. The van der Waals surface area contributed by atoms with E-state index in [0.29, 0.717) is 10.2 Å². The summed E-state index contributed by atoms with van der Waals surface area (Å²) in [6, 6.07) is 6.12. The molecule has 1 aromatic heterocycles. The Morgan fingerprint density at radius 1 is 1.24 bits per heavy atom. The highest BCUT2D eigenvalue weighted by atomic mass is 79.9. The summed E-state index contributed by atoms with van der Waals surface area (Å²) in [6.45, 7) is 0. The van der Waals surface area contributed by atoms with Crippen LogP contribution in [0, 0.1) is 0 Å². The van der Waals surface area contributed by atoms with E-state index in [9.17, 15) is 13.2 Å². The Hall–Kier alpha value is -1.01. The Morgan fingerprint density at radius 2 is 2.05 bits per heavy atom. The number of anilines is 1. The minimum Gasteiger partial charge on any atom is -0.378 e.